The predicted octanol–water partition coefficient (Wildman–Crippen LogP) is 3.91. The fraction of sp³-hybridized carbons (Fsp3) is 0. The van der Waals surface area contributed by atoms with Crippen molar-refractivity contribution in [2.45, 2.75) is 0 Å². The van der Waals surface area contributed by atoms with Gasteiger partial charge in [-0.25, -0.2) is 14.3 Å². The maximum absolute atomic E-state index is 6.33. The van der Waals surface area contributed by atoms with Crippen LogP contribution >= 0.6 is 23.2 Å². The Bertz CT molecular complexity index is 959. The lowest BCUT2D eigenvalue weighted by Gasteiger charge is -2.09. The number of hydrogen-bond acceptors (Lipinski definition) is 3. The van der Waals surface area contributed by atoms with Gasteiger partial charge in [0.25, 0.3) is 0 Å². The molecule has 0 amide bonds. The van der Waals surface area contributed by atoms with Crippen LogP contribution in [0.25, 0.3) is 22.4 Å². The summed E-state index contributed by atoms with van der Waals surface area (Å²) in [6.07, 6.45) is 3.11. The van der Waals surface area contributed by atoms with Crippen molar-refractivity contribution >= 4 is 34.1 Å². The fourth-order valence-electron chi connectivity index (χ4n) is 2.38. The Hall–Kier alpha value is -2.37. The van der Waals surface area contributed by atoms with E-state index in [2.05, 4.69) is 15.2 Å². The first-order chi connectivity index (χ1) is 10.7. The normalized spacial score (nSPS) is 11.2. The quantitative estimate of drug-likeness (QED) is 0.560. The molecule has 0 radical (unpaired) electrons. The highest BCUT2D eigenvalue weighted by molar-refractivity contribution is 6.35. The minimum Gasteiger partial charge on any atom is -0.223 e. The molecule has 4 rings (SSSR count). The summed E-state index contributed by atoms with van der Waals surface area (Å²) in [5, 5.41) is 10.9. The zero-order valence-corrected chi connectivity index (χ0v) is 12.7. The van der Waals surface area contributed by atoms with Crippen LogP contribution < -0.4 is 0 Å². The molecule has 0 spiro atoms. The smallest absolute Gasteiger partial charge is 0.166 e. The molecule has 0 aliphatic heterocycles. The van der Waals surface area contributed by atoms with Crippen LogP contribution in [-0.2, 0) is 0 Å². The first-order valence-corrected chi connectivity index (χ1v) is 7.28. The summed E-state index contributed by atoms with van der Waals surface area (Å²) in [5.41, 5.74) is 1.58. The summed E-state index contributed by atoms with van der Waals surface area (Å²) in [7, 11) is 0. The third-order valence-corrected chi connectivity index (χ3v) is 3.86. The molecular formula is C15H9Cl2N5. The maximum atomic E-state index is 6.33. The fourth-order valence-corrected chi connectivity index (χ4v) is 2.87. The monoisotopic (exact) mass is 329 g/mol. The van der Waals surface area contributed by atoms with Gasteiger partial charge in [-0.15, -0.1) is 0 Å². The summed E-state index contributed by atoms with van der Waals surface area (Å²) in [6.45, 7) is 0. The van der Waals surface area contributed by atoms with E-state index in [1.54, 1.807) is 27.8 Å². The Kier molecular flexibility index (Phi) is 3.10. The molecule has 0 aliphatic carbocycles. The van der Waals surface area contributed by atoms with Crippen molar-refractivity contribution in [3.8, 4) is 11.5 Å². The molecule has 0 saturated heterocycles. The van der Waals surface area contributed by atoms with Crippen molar-refractivity contribution in [3.05, 3.63) is 65.2 Å². The molecule has 0 fully saturated rings. The van der Waals surface area contributed by atoms with Crippen molar-refractivity contribution in [1.82, 2.24) is 24.5 Å². The minimum absolute atomic E-state index is 0.515. The summed E-state index contributed by atoms with van der Waals surface area (Å²) < 4.78 is 3.41. The van der Waals surface area contributed by atoms with Crippen LogP contribution in [0.2, 0.25) is 10.0 Å². The zero-order chi connectivity index (χ0) is 15.1. The second-order valence-corrected chi connectivity index (χ2v) is 5.53. The first kappa shape index (κ1) is 13.3. The minimum atomic E-state index is 0.515. The van der Waals surface area contributed by atoms with Crippen LogP contribution in [0.5, 0.6) is 0 Å². The molecule has 0 saturated carbocycles. The molecule has 0 unspecified atom stereocenters. The topological polar surface area (TPSA) is 48.5 Å². The number of nitrogens with zero attached hydrogens (tertiary/aromatic N) is 5. The third kappa shape index (κ3) is 2.06. The molecule has 0 bridgehead atoms. The molecule has 7 heteroatoms. The van der Waals surface area contributed by atoms with E-state index >= 15 is 0 Å². The zero-order valence-electron chi connectivity index (χ0n) is 11.2. The van der Waals surface area contributed by atoms with Gasteiger partial charge in [0.05, 0.1) is 16.2 Å². The molecule has 0 atom stereocenters. The largest absolute Gasteiger partial charge is 0.223 e. The van der Waals surface area contributed by atoms with Crippen molar-refractivity contribution in [2.24, 2.45) is 0 Å². The van der Waals surface area contributed by atoms with E-state index in [0.717, 1.165) is 22.4 Å². The van der Waals surface area contributed by atoms with Gasteiger partial charge in [0.2, 0.25) is 0 Å². The molecule has 2 aromatic heterocycles. The van der Waals surface area contributed by atoms with Crippen LogP contribution in [0.1, 0.15) is 0 Å². The molecule has 2 heterocycles. The highest BCUT2D eigenvalue weighted by Gasteiger charge is 2.16. The second kappa shape index (κ2) is 5.12. The average molecular weight is 330 g/mol. The van der Waals surface area contributed by atoms with Crippen LogP contribution in [0.15, 0.2) is 55.1 Å². The predicted molar refractivity (Wildman–Crippen MR) is 86.0 cm³/mol. The Balaban J connectivity index is 2.07. The third-order valence-electron chi connectivity index (χ3n) is 3.33. The molecule has 0 aliphatic rings. The first-order valence-electron chi connectivity index (χ1n) is 6.52. The van der Waals surface area contributed by atoms with Gasteiger partial charge < -0.3 is 0 Å². The van der Waals surface area contributed by atoms with Crippen LogP contribution in [-0.4, -0.2) is 24.5 Å². The van der Waals surface area contributed by atoms with Crippen molar-refractivity contribution in [1.29, 1.82) is 0 Å². The summed E-state index contributed by atoms with van der Waals surface area (Å²) in [4.78, 5) is 4.01. The summed E-state index contributed by atoms with van der Waals surface area (Å²) in [6, 6.07) is 13.1. The van der Waals surface area contributed by atoms with Crippen LogP contribution in [0.3, 0.4) is 0 Å². The summed E-state index contributed by atoms with van der Waals surface area (Å²) in [5.74, 6) is 0.775. The molecule has 108 valence electrons. The summed E-state index contributed by atoms with van der Waals surface area (Å²) >= 11 is 12.3. The number of benzene rings is 2. The van der Waals surface area contributed by atoms with Gasteiger partial charge in [-0.05, 0) is 30.3 Å². The standard InChI is InChI=1S/C15H9Cl2N5/c16-10-5-6-14(12(17)7-10)22-15(21-9-18-8-19-21)11-3-1-2-4-13(11)20-22/h1-9H. The van der Waals surface area contributed by atoms with Gasteiger partial charge in [-0.3, -0.25) is 0 Å². The van der Waals surface area contributed by atoms with Gasteiger partial charge in [-0.2, -0.15) is 10.2 Å². The molecule has 0 N–H and O–H groups in total. The van der Waals surface area contributed by atoms with E-state index in [-0.39, 0.29) is 0 Å². The Labute approximate surface area is 135 Å². The lowest BCUT2D eigenvalue weighted by atomic mass is 10.2. The van der Waals surface area contributed by atoms with Gasteiger partial charge in [0.1, 0.15) is 12.7 Å². The number of halogens is 2. The van der Waals surface area contributed by atoms with E-state index in [1.807, 2.05) is 30.3 Å². The molecule has 4 aromatic rings. The number of rotatable bonds is 2. The number of hydrogen-bond donors (Lipinski definition) is 0. The Morgan fingerprint density at radius 2 is 1.86 bits per heavy atom. The van der Waals surface area contributed by atoms with E-state index in [1.165, 1.54) is 6.33 Å². The van der Waals surface area contributed by atoms with Crippen LogP contribution in [0, 0.1) is 0 Å². The van der Waals surface area contributed by atoms with Crippen molar-refractivity contribution < 1.29 is 0 Å². The van der Waals surface area contributed by atoms with E-state index < -0.39 is 0 Å². The van der Waals surface area contributed by atoms with Gasteiger partial charge in [0.15, 0.2) is 5.82 Å². The highest BCUT2D eigenvalue weighted by atomic mass is 35.5. The Morgan fingerprint density at radius 1 is 1.00 bits per heavy atom. The van der Waals surface area contributed by atoms with Crippen molar-refractivity contribution in [3.63, 3.8) is 0 Å². The van der Waals surface area contributed by atoms with Gasteiger partial charge in [-0.1, -0.05) is 35.3 Å². The van der Waals surface area contributed by atoms with E-state index in [9.17, 15) is 0 Å². The lowest BCUT2D eigenvalue weighted by molar-refractivity contribution is 0.771. The highest BCUT2D eigenvalue weighted by Crippen LogP contribution is 2.29. The molecule has 2 aromatic carbocycles. The van der Waals surface area contributed by atoms with Crippen LogP contribution in [0.4, 0.5) is 0 Å². The Morgan fingerprint density at radius 3 is 2.64 bits per heavy atom. The molecule has 5 nitrogen and oxygen atoms in total. The molecular weight excluding hydrogens is 321 g/mol. The maximum Gasteiger partial charge on any atom is 0.166 e. The second-order valence-electron chi connectivity index (χ2n) is 4.69. The number of fused-ring (bicyclic) bond motifs is 1. The van der Waals surface area contributed by atoms with Gasteiger partial charge in [0, 0.05) is 10.4 Å². The lowest BCUT2D eigenvalue weighted by Crippen LogP contribution is -2.06. The SMILES string of the molecule is Clc1ccc(-n2nc3ccccc3c2-n2cncn2)c(Cl)c1. The number of aromatic nitrogens is 5. The average Bonchev–Trinajstić information content (AvgIpc) is 3.13. The van der Waals surface area contributed by atoms with E-state index in [4.69, 9.17) is 23.2 Å². The van der Waals surface area contributed by atoms with E-state index in [0.29, 0.717) is 10.0 Å². The van der Waals surface area contributed by atoms with Gasteiger partial charge >= 0.3 is 0 Å². The van der Waals surface area contributed by atoms with Crippen molar-refractivity contribution in [2.75, 3.05) is 0 Å². The molecule has 22 heavy (non-hydrogen) atoms.